The molecule has 1 N–H and O–H groups in total. The number of aromatic nitrogens is 4. The summed E-state index contributed by atoms with van der Waals surface area (Å²) >= 11 is 0. The third kappa shape index (κ3) is 3.69. The molecular formula is C24H23N5O4. The Bertz CT molecular complexity index is 1350. The first-order chi connectivity index (χ1) is 16.2. The van der Waals surface area contributed by atoms with E-state index in [-0.39, 0.29) is 13.4 Å². The van der Waals surface area contributed by atoms with Gasteiger partial charge in [-0.3, -0.25) is 0 Å². The summed E-state index contributed by atoms with van der Waals surface area (Å²) in [5.74, 6) is 1.33. The van der Waals surface area contributed by atoms with Crippen molar-refractivity contribution in [1.82, 2.24) is 19.7 Å². The lowest BCUT2D eigenvalue weighted by molar-refractivity contribution is -0.0400. The van der Waals surface area contributed by atoms with Gasteiger partial charge in [0.25, 0.3) is 0 Å². The summed E-state index contributed by atoms with van der Waals surface area (Å²) in [6.07, 6.45) is 2.61. The van der Waals surface area contributed by atoms with E-state index >= 15 is 0 Å². The van der Waals surface area contributed by atoms with Gasteiger partial charge in [-0.1, -0.05) is 0 Å². The molecule has 1 aromatic carbocycles. The van der Waals surface area contributed by atoms with Gasteiger partial charge in [0.1, 0.15) is 23.9 Å². The first-order valence-corrected chi connectivity index (χ1v) is 10.6. The SMILES string of the molecule is COCOCc1nn2c(c1-c1[nH]c3ncccc3c1-c1cc(OC)ccc1C#N)OCCC2. The van der Waals surface area contributed by atoms with Crippen LogP contribution in [0.2, 0.25) is 0 Å². The number of nitrogens with one attached hydrogen (secondary N) is 1. The fourth-order valence-electron chi connectivity index (χ4n) is 4.19. The molecule has 33 heavy (non-hydrogen) atoms. The van der Waals surface area contributed by atoms with E-state index in [2.05, 4.69) is 16.0 Å². The maximum absolute atomic E-state index is 9.87. The summed E-state index contributed by atoms with van der Waals surface area (Å²) in [7, 11) is 3.19. The topological polar surface area (TPSA) is 107 Å². The Morgan fingerprint density at radius 1 is 1.24 bits per heavy atom. The van der Waals surface area contributed by atoms with Crippen LogP contribution < -0.4 is 9.47 Å². The van der Waals surface area contributed by atoms with Crippen LogP contribution in [-0.2, 0) is 22.6 Å². The summed E-state index contributed by atoms with van der Waals surface area (Å²) < 4.78 is 24.1. The van der Waals surface area contributed by atoms with Crippen molar-refractivity contribution in [2.24, 2.45) is 0 Å². The molecule has 9 heteroatoms. The predicted octanol–water partition coefficient (Wildman–Crippen LogP) is 3.88. The minimum absolute atomic E-state index is 0.151. The minimum Gasteiger partial charge on any atom is -0.497 e. The molecule has 9 nitrogen and oxygen atoms in total. The molecule has 3 aromatic heterocycles. The van der Waals surface area contributed by atoms with Crippen molar-refractivity contribution in [1.29, 1.82) is 5.26 Å². The van der Waals surface area contributed by atoms with E-state index in [1.165, 1.54) is 0 Å². The Morgan fingerprint density at radius 3 is 2.97 bits per heavy atom. The molecule has 0 atom stereocenters. The van der Waals surface area contributed by atoms with Crippen molar-refractivity contribution in [2.45, 2.75) is 19.6 Å². The van der Waals surface area contributed by atoms with Crippen LogP contribution in [0, 0.1) is 11.3 Å². The fourth-order valence-corrected chi connectivity index (χ4v) is 4.19. The second-order valence-corrected chi connectivity index (χ2v) is 7.60. The quantitative estimate of drug-likeness (QED) is 0.340. The predicted molar refractivity (Wildman–Crippen MR) is 121 cm³/mol. The molecular weight excluding hydrogens is 422 g/mol. The number of ether oxygens (including phenoxy) is 4. The number of hydrogen-bond acceptors (Lipinski definition) is 7. The van der Waals surface area contributed by atoms with Crippen LogP contribution in [-0.4, -0.2) is 47.4 Å². The van der Waals surface area contributed by atoms with E-state index in [9.17, 15) is 5.26 Å². The summed E-state index contributed by atoms with van der Waals surface area (Å²) in [6, 6.07) is 11.6. The Morgan fingerprint density at radius 2 is 2.15 bits per heavy atom. The van der Waals surface area contributed by atoms with Crippen LogP contribution >= 0.6 is 0 Å². The molecule has 1 aliphatic heterocycles. The average molecular weight is 445 g/mol. The highest BCUT2D eigenvalue weighted by atomic mass is 16.7. The lowest BCUT2D eigenvalue weighted by Gasteiger charge is -2.16. The van der Waals surface area contributed by atoms with Crippen LogP contribution in [0.4, 0.5) is 0 Å². The van der Waals surface area contributed by atoms with Gasteiger partial charge in [-0.2, -0.15) is 10.4 Å². The number of pyridine rings is 1. The van der Waals surface area contributed by atoms with Crippen LogP contribution in [0.15, 0.2) is 36.5 Å². The third-order valence-electron chi connectivity index (χ3n) is 5.61. The molecule has 4 aromatic rings. The third-order valence-corrected chi connectivity index (χ3v) is 5.61. The lowest BCUT2D eigenvalue weighted by Crippen LogP contribution is -2.15. The highest BCUT2D eigenvalue weighted by Gasteiger charge is 2.29. The van der Waals surface area contributed by atoms with Gasteiger partial charge >= 0.3 is 0 Å². The molecule has 0 saturated carbocycles. The van der Waals surface area contributed by atoms with E-state index < -0.39 is 0 Å². The van der Waals surface area contributed by atoms with Gasteiger partial charge in [0.2, 0.25) is 5.88 Å². The lowest BCUT2D eigenvalue weighted by atomic mass is 9.95. The summed E-state index contributed by atoms with van der Waals surface area (Å²) in [5, 5.41) is 15.5. The second kappa shape index (κ2) is 8.94. The molecule has 0 radical (unpaired) electrons. The normalized spacial score (nSPS) is 12.9. The molecule has 0 bridgehead atoms. The van der Waals surface area contributed by atoms with Crippen molar-refractivity contribution < 1.29 is 18.9 Å². The van der Waals surface area contributed by atoms with E-state index in [1.54, 1.807) is 32.5 Å². The van der Waals surface area contributed by atoms with E-state index in [0.717, 1.165) is 46.4 Å². The number of hydrogen-bond donors (Lipinski definition) is 1. The van der Waals surface area contributed by atoms with E-state index in [1.807, 2.05) is 22.9 Å². The number of nitrogens with zero attached hydrogens (tertiary/aromatic N) is 4. The molecule has 0 aliphatic carbocycles. The number of nitriles is 1. The zero-order valence-corrected chi connectivity index (χ0v) is 18.4. The highest BCUT2D eigenvalue weighted by molar-refractivity contribution is 6.04. The first kappa shape index (κ1) is 21.0. The van der Waals surface area contributed by atoms with Gasteiger partial charge in [-0.05, 0) is 30.3 Å². The maximum Gasteiger partial charge on any atom is 0.221 e. The highest BCUT2D eigenvalue weighted by Crippen LogP contribution is 2.45. The van der Waals surface area contributed by atoms with Crippen LogP contribution in [0.25, 0.3) is 33.4 Å². The van der Waals surface area contributed by atoms with Crippen molar-refractivity contribution in [3.8, 4) is 40.1 Å². The zero-order valence-electron chi connectivity index (χ0n) is 18.4. The largest absolute Gasteiger partial charge is 0.497 e. The molecule has 0 amide bonds. The van der Waals surface area contributed by atoms with Gasteiger partial charge in [0.15, 0.2) is 0 Å². The van der Waals surface area contributed by atoms with Gasteiger partial charge in [-0.25, -0.2) is 9.67 Å². The van der Waals surface area contributed by atoms with Gasteiger partial charge < -0.3 is 23.9 Å². The first-order valence-electron chi connectivity index (χ1n) is 10.6. The summed E-state index contributed by atoms with van der Waals surface area (Å²) in [5.41, 5.74) is 5.10. The average Bonchev–Trinajstić information content (AvgIpc) is 3.41. The summed E-state index contributed by atoms with van der Waals surface area (Å²) in [4.78, 5) is 7.98. The monoisotopic (exact) mass is 445 g/mol. The van der Waals surface area contributed by atoms with Crippen molar-refractivity contribution in [3.05, 3.63) is 47.8 Å². The summed E-state index contributed by atoms with van der Waals surface area (Å²) in [6.45, 7) is 1.76. The van der Waals surface area contributed by atoms with E-state index in [4.69, 9.17) is 24.0 Å². The molecule has 0 spiro atoms. The Kier molecular flexibility index (Phi) is 5.69. The molecule has 5 rings (SSSR count). The number of rotatable bonds is 7. The maximum atomic E-state index is 9.87. The number of benzene rings is 1. The van der Waals surface area contributed by atoms with Crippen molar-refractivity contribution >= 4 is 11.0 Å². The molecule has 0 fully saturated rings. The van der Waals surface area contributed by atoms with Crippen molar-refractivity contribution in [3.63, 3.8) is 0 Å². The number of aryl methyl sites for hydroxylation is 1. The van der Waals surface area contributed by atoms with E-state index in [0.29, 0.717) is 29.4 Å². The van der Waals surface area contributed by atoms with Crippen LogP contribution in [0.3, 0.4) is 0 Å². The Balaban J connectivity index is 1.80. The van der Waals surface area contributed by atoms with Gasteiger partial charge in [0, 0.05) is 42.8 Å². The van der Waals surface area contributed by atoms with Gasteiger partial charge in [-0.15, -0.1) is 0 Å². The number of aromatic amines is 1. The minimum atomic E-state index is 0.151. The number of methoxy groups -OCH3 is 2. The smallest absolute Gasteiger partial charge is 0.221 e. The molecule has 4 heterocycles. The number of H-pyrrole nitrogens is 1. The van der Waals surface area contributed by atoms with Gasteiger partial charge in [0.05, 0.1) is 43.2 Å². The zero-order chi connectivity index (χ0) is 22.8. The van der Waals surface area contributed by atoms with Crippen molar-refractivity contribution in [2.75, 3.05) is 27.6 Å². The van der Waals surface area contributed by atoms with Crippen LogP contribution in [0.1, 0.15) is 17.7 Å². The Labute approximate surface area is 190 Å². The molecule has 0 unspecified atom stereocenters. The van der Waals surface area contributed by atoms with Crippen LogP contribution in [0.5, 0.6) is 11.6 Å². The molecule has 168 valence electrons. The molecule has 0 saturated heterocycles. The second-order valence-electron chi connectivity index (χ2n) is 7.60. The molecule has 1 aliphatic rings. The fraction of sp³-hybridized carbons (Fsp3) is 0.292. The standard InChI is InChI=1S/C24H23N5O4/c1-30-14-32-13-19-21(24-29(28-19)9-4-10-33-24)22-20(17-5-3-8-26-23(17)27-22)18-11-16(31-2)7-6-15(18)12-25/h3,5-8,11H,4,9-10,13-14H2,1-2H3,(H,26,27). The number of fused-ring (bicyclic) bond motifs is 2. The Hall–Kier alpha value is -3.87.